The number of fused-ring (bicyclic) bond motifs is 1. The van der Waals surface area contributed by atoms with Crippen molar-refractivity contribution in [3.05, 3.63) is 28.9 Å². The SMILES string of the molecule is CC(C)Nc1nc(Cl)nc(Nc2ccc3nscc3c2)n1. The van der Waals surface area contributed by atoms with Crippen molar-refractivity contribution in [2.24, 2.45) is 0 Å². The third-order valence-electron chi connectivity index (χ3n) is 2.64. The van der Waals surface area contributed by atoms with Crippen molar-refractivity contribution < 1.29 is 0 Å². The lowest BCUT2D eigenvalue weighted by Crippen LogP contribution is -2.14. The molecule has 21 heavy (non-hydrogen) atoms. The Morgan fingerprint density at radius 3 is 2.76 bits per heavy atom. The van der Waals surface area contributed by atoms with Crippen molar-refractivity contribution >= 4 is 51.6 Å². The molecule has 0 fully saturated rings. The first kappa shape index (κ1) is 14.0. The van der Waals surface area contributed by atoms with E-state index in [0.29, 0.717) is 11.9 Å². The van der Waals surface area contributed by atoms with Gasteiger partial charge in [0.2, 0.25) is 17.2 Å². The van der Waals surface area contributed by atoms with Gasteiger partial charge < -0.3 is 10.6 Å². The molecule has 0 bridgehead atoms. The number of nitrogens with zero attached hydrogens (tertiary/aromatic N) is 4. The molecule has 6 nitrogen and oxygen atoms in total. The monoisotopic (exact) mass is 320 g/mol. The minimum Gasteiger partial charge on any atom is -0.352 e. The predicted octanol–water partition coefficient (Wildman–Crippen LogP) is 3.70. The van der Waals surface area contributed by atoms with E-state index in [1.54, 1.807) is 0 Å². The van der Waals surface area contributed by atoms with Crippen LogP contribution in [0.2, 0.25) is 5.28 Å². The van der Waals surface area contributed by atoms with Crippen molar-refractivity contribution in [1.29, 1.82) is 0 Å². The Bertz CT molecular complexity index is 772. The van der Waals surface area contributed by atoms with Crippen LogP contribution in [0, 0.1) is 0 Å². The van der Waals surface area contributed by atoms with Gasteiger partial charge in [0, 0.05) is 22.5 Å². The van der Waals surface area contributed by atoms with Gasteiger partial charge in [-0.2, -0.15) is 19.3 Å². The van der Waals surface area contributed by atoms with Gasteiger partial charge in [0.05, 0.1) is 5.52 Å². The molecule has 0 aliphatic heterocycles. The Labute approximate surface area is 130 Å². The van der Waals surface area contributed by atoms with E-state index in [1.165, 1.54) is 11.5 Å². The van der Waals surface area contributed by atoms with Crippen LogP contribution in [0.25, 0.3) is 10.9 Å². The highest BCUT2D eigenvalue weighted by Crippen LogP contribution is 2.22. The molecule has 108 valence electrons. The summed E-state index contributed by atoms with van der Waals surface area (Å²) >= 11 is 7.36. The Morgan fingerprint density at radius 2 is 1.95 bits per heavy atom. The van der Waals surface area contributed by atoms with E-state index in [9.17, 15) is 0 Å². The van der Waals surface area contributed by atoms with Gasteiger partial charge in [-0.1, -0.05) is 0 Å². The molecule has 0 aliphatic rings. The molecular weight excluding hydrogens is 308 g/mol. The van der Waals surface area contributed by atoms with Crippen LogP contribution >= 0.6 is 23.1 Å². The summed E-state index contributed by atoms with van der Waals surface area (Å²) in [5.41, 5.74) is 1.85. The van der Waals surface area contributed by atoms with Crippen LogP contribution in [0.15, 0.2) is 23.6 Å². The van der Waals surface area contributed by atoms with E-state index in [-0.39, 0.29) is 11.3 Å². The molecule has 1 aromatic carbocycles. The molecule has 8 heteroatoms. The Kier molecular flexibility index (Phi) is 3.85. The second kappa shape index (κ2) is 5.79. The minimum absolute atomic E-state index is 0.147. The fourth-order valence-corrected chi connectivity index (χ4v) is 2.60. The molecule has 0 spiro atoms. The second-order valence-corrected chi connectivity index (χ2v) is 5.73. The smallest absolute Gasteiger partial charge is 0.233 e. The highest BCUT2D eigenvalue weighted by Gasteiger charge is 2.07. The maximum Gasteiger partial charge on any atom is 0.233 e. The Hall–Kier alpha value is -1.99. The molecule has 0 amide bonds. The molecule has 0 saturated carbocycles. The lowest BCUT2D eigenvalue weighted by Gasteiger charge is -2.10. The summed E-state index contributed by atoms with van der Waals surface area (Å²) in [7, 11) is 0. The van der Waals surface area contributed by atoms with Crippen molar-refractivity contribution in [2.75, 3.05) is 10.6 Å². The van der Waals surface area contributed by atoms with Crippen LogP contribution in [0.5, 0.6) is 0 Å². The second-order valence-electron chi connectivity index (χ2n) is 4.76. The molecule has 0 unspecified atom stereocenters. The maximum atomic E-state index is 5.93. The molecular formula is C13H13ClN6S. The average Bonchev–Trinajstić information content (AvgIpc) is 2.84. The van der Waals surface area contributed by atoms with Crippen LogP contribution in [0.4, 0.5) is 17.6 Å². The van der Waals surface area contributed by atoms with Crippen LogP contribution in [-0.4, -0.2) is 25.4 Å². The van der Waals surface area contributed by atoms with E-state index < -0.39 is 0 Å². The van der Waals surface area contributed by atoms with Gasteiger partial charge in [-0.15, -0.1) is 0 Å². The largest absolute Gasteiger partial charge is 0.352 e. The Balaban J connectivity index is 1.87. The summed E-state index contributed by atoms with van der Waals surface area (Å²) in [6, 6.07) is 6.08. The van der Waals surface area contributed by atoms with E-state index in [0.717, 1.165) is 16.6 Å². The summed E-state index contributed by atoms with van der Waals surface area (Å²) < 4.78 is 4.27. The lowest BCUT2D eigenvalue weighted by atomic mass is 10.2. The number of hydrogen-bond acceptors (Lipinski definition) is 7. The average molecular weight is 321 g/mol. The number of benzene rings is 1. The van der Waals surface area contributed by atoms with Gasteiger partial charge >= 0.3 is 0 Å². The molecule has 2 heterocycles. The van der Waals surface area contributed by atoms with E-state index in [4.69, 9.17) is 11.6 Å². The normalized spacial score (nSPS) is 11.0. The minimum atomic E-state index is 0.147. The fraction of sp³-hybridized carbons (Fsp3) is 0.231. The predicted molar refractivity (Wildman–Crippen MR) is 86.5 cm³/mol. The van der Waals surface area contributed by atoms with Crippen molar-refractivity contribution in [1.82, 2.24) is 19.3 Å². The van der Waals surface area contributed by atoms with Crippen molar-refractivity contribution in [3.8, 4) is 0 Å². The van der Waals surface area contributed by atoms with Crippen LogP contribution in [0.3, 0.4) is 0 Å². The molecule has 3 rings (SSSR count). The first-order valence-corrected chi connectivity index (χ1v) is 7.61. The molecule has 2 N–H and O–H groups in total. The third-order valence-corrected chi connectivity index (χ3v) is 3.47. The molecule has 0 aliphatic carbocycles. The summed E-state index contributed by atoms with van der Waals surface area (Å²) in [4.78, 5) is 12.4. The molecule has 3 aromatic rings. The summed E-state index contributed by atoms with van der Waals surface area (Å²) in [6.07, 6.45) is 0. The number of hydrogen-bond donors (Lipinski definition) is 2. The molecule has 2 aromatic heterocycles. The quantitative estimate of drug-likeness (QED) is 0.763. The zero-order valence-electron chi connectivity index (χ0n) is 11.5. The standard InChI is InChI=1S/C13H13ClN6S/c1-7(2)15-12-17-11(14)18-13(19-12)16-9-3-4-10-8(5-9)6-21-20-10/h3-7H,1-2H3,(H2,15,16,17,18,19). The van der Waals surface area contributed by atoms with Crippen molar-refractivity contribution in [2.45, 2.75) is 19.9 Å². The number of anilines is 3. The van der Waals surface area contributed by atoms with E-state index in [2.05, 4.69) is 30.0 Å². The molecule has 0 atom stereocenters. The van der Waals surface area contributed by atoms with Crippen LogP contribution < -0.4 is 10.6 Å². The number of rotatable bonds is 4. The lowest BCUT2D eigenvalue weighted by molar-refractivity contribution is 0.868. The van der Waals surface area contributed by atoms with Gasteiger partial charge in [0.15, 0.2) is 0 Å². The Morgan fingerprint density at radius 1 is 1.14 bits per heavy atom. The highest BCUT2D eigenvalue weighted by molar-refractivity contribution is 7.04. The molecule has 0 saturated heterocycles. The topological polar surface area (TPSA) is 75.6 Å². The van der Waals surface area contributed by atoms with Crippen LogP contribution in [0.1, 0.15) is 13.8 Å². The third kappa shape index (κ3) is 3.37. The fourth-order valence-electron chi connectivity index (χ4n) is 1.81. The van der Waals surface area contributed by atoms with Gasteiger partial charge in [-0.05, 0) is 55.2 Å². The summed E-state index contributed by atoms with van der Waals surface area (Å²) in [5.74, 6) is 0.853. The van der Waals surface area contributed by atoms with E-state index in [1.807, 2.05) is 37.4 Å². The zero-order chi connectivity index (χ0) is 14.8. The first-order chi connectivity index (χ1) is 10.1. The van der Waals surface area contributed by atoms with Gasteiger partial charge in [0.1, 0.15) is 0 Å². The number of aromatic nitrogens is 4. The molecule has 0 radical (unpaired) electrons. The maximum absolute atomic E-state index is 5.93. The number of halogens is 1. The summed E-state index contributed by atoms with van der Waals surface area (Å²) in [5, 5.41) is 9.45. The van der Waals surface area contributed by atoms with Gasteiger partial charge in [0.25, 0.3) is 0 Å². The van der Waals surface area contributed by atoms with Crippen molar-refractivity contribution in [3.63, 3.8) is 0 Å². The highest BCUT2D eigenvalue weighted by atomic mass is 35.5. The first-order valence-electron chi connectivity index (χ1n) is 6.39. The summed E-state index contributed by atoms with van der Waals surface area (Å²) in [6.45, 7) is 4.00. The van der Waals surface area contributed by atoms with Gasteiger partial charge in [-0.3, -0.25) is 0 Å². The van der Waals surface area contributed by atoms with E-state index >= 15 is 0 Å². The van der Waals surface area contributed by atoms with Crippen LogP contribution in [-0.2, 0) is 0 Å². The number of nitrogens with one attached hydrogen (secondary N) is 2. The zero-order valence-corrected chi connectivity index (χ0v) is 13.0. The van der Waals surface area contributed by atoms with Gasteiger partial charge in [-0.25, -0.2) is 0 Å².